The minimum Gasteiger partial charge on any atom is -0.494 e. The standard InChI is InChI=1S/C16H20FNO5/c17-12-3-5-13(6-4-12)22-8-1-2-15(19)18-7-9-23-14(11-18)10-16(20)21/h3-6,14H,1-2,7-11H2,(H,20,21). The zero-order valence-corrected chi connectivity index (χ0v) is 12.7. The van der Waals surface area contributed by atoms with Gasteiger partial charge >= 0.3 is 5.97 Å². The molecule has 126 valence electrons. The monoisotopic (exact) mass is 325 g/mol. The second-order valence-electron chi connectivity index (χ2n) is 5.34. The molecule has 0 aliphatic carbocycles. The molecule has 0 aromatic heterocycles. The molecule has 1 aromatic carbocycles. The number of nitrogens with zero attached hydrogens (tertiary/aromatic N) is 1. The number of carbonyl (C=O) groups is 2. The number of benzene rings is 1. The summed E-state index contributed by atoms with van der Waals surface area (Å²) in [4.78, 5) is 24.4. The number of hydrogen-bond donors (Lipinski definition) is 1. The third-order valence-electron chi connectivity index (χ3n) is 3.51. The van der Waals surface area contributed by atoms with Crippen molar-refractivity contribution in [2.45, 2.75) is 25.4 Å². The van der Waals surface area contributed by atoms with Crippen molar-refractivity contribution < 1.29 is 28.6 Å². The number of morpholine rings is 1. The predicted molar refractivity (Wildman–Crippen MR) is 79.7 cm³/mol. The third-order valence-corrected chi connectivity index (χ3v) is 3.51. The summed E-state index contributed by atoms with van der Waals surface area (Å²) in [6.45, 7) is 1.51. The number of ether oxygens (including phenoxy) is 2. The highest BCUT2D eigenvalue weighted by Gasteiger charge is 2.25. The van der Waals surface area contributed by atoms with Gasteiger partial charge in [-0.3, -0.25) is 9.59 Å². The fraction of sp³-hybridized carbons (Fsp3) is 0.500. The molecule has 1 unspecified atom stereocenters. The number of hydrogen-bond acceptors (Lipinski definition) is 4. The molecule has 1 aliphatic rings. The first kappa shape index (κ1) is 17.2. The van der Waals surface area contributed by atoms with Gasteiger partial charge in [0, 0.05) is 19.5 Å². The van der Waals surface area contributed by atoms with E-state index in [-0.39, 0.29) is 18.1 Å². The zero-order valence-electron chi connectivity index (χ0n) is 12.7. The first-order valence-electron chi connectivity index (χ1n) is 7.54. The van der Waals surface area contributed by atoms with Crippen LogP contribution in [0.4, 0.5) is 4.39 Å². The molecule has 6 nitrogen and oxygen atoms in total. The zero-order chi connectivity index (χ0) is 16.7. The Morgan fingerprint density at radius 1 is 1.35 bits per heavy atom. The van der Waals surface area contributed by atoms with E-state index >= 15 is 0 Å². The normalized spacial score (nSPS) is 17.8. The van der Waals surface area contributed by atoms with Crippen LogP contribution < -0.4 is 4.74 Å². The largest absolute Gasteiger partial charge is 0.494 e. The van der Waals surface area contributed by atoms with Crippen LogP contribution in [0.15, 0.2) is 24.3 Å². The molecule has 1 N–H and O–H groups in total. The van der Waals surface area contributed by atoms with Gasteiger partial charge in [0.2, 0.25) is 5.91 Å². The summed E-state index contributed by atoms with van der Waals surface area (Å²) >= 11 is 0. The molecule has 0 radical (unpaired) electrons. The minimum absolute atomic E-state index is 0.0357. The molecule has 0 spiro atoms. The molecule has 1 aliphatic heterocycles. The maximum Gasteiger partial charge on any atom is 0.306 e. The van der Waals surface area contributed by atoms with Crippen molar-refractivity contribution in [2.75, 3.05) is 26.3 Å². The van der Waals surface area contributed by atoms with Crippen LogP contribution in [0.1, 0.15) is 19.3 Å². The van der Waals surface area contributed by atoms with E-state index in [4.69, 9.17) is 14.6 Å². The van der Waals surface area contributed by atoms with Gasteiger partial charge in [-0.1, -0.05) is 0 Å². The molecule has 1 aromatic rings. The number of carboxylic acid groups (broad SMARTS) is 1. The number of rotatable bonds is 7. The van der Waals surface area contributed by atoms with Gasteiger partial charge in [-0.2, -0.15) is 0 Å². The van der Waals surface area contributed by atoms with Gasteiger partial charge in [0.05, 0.1) is 25.7 Å². The molecular weight excluding hydrogens is 305 g/mol. The van der Waals surface area contributed by atoms with E-state index in [0.29, 0.717) is 44.9 Å². The molecule has 1 heterocycles. The summed E-state index contributed by atoms with van der Waals surface area (Å²) in [7, 11) is 0. The van der Waals surface area contributed by atoms with E-state index in [1.165, 1.54) is 24.3 Å². The Morgan fingerprint density at radius 2 is 2.09 bits per heavy atom. The number of carbonyl (C=O) groups excluding carboxylic acids is 1. The Balaban J connectivity index is 1.67. The van der Waals surface area contributed by atoms with E-state index in [1.54, 1.807) is 4.90 Å². The number of halogens is 1. The van der Waals surface area contributed by atoms with E-state index in [0.717, 1.165) is 0 Å². The van der Waals surface area contributed by atoms with Gasteiger partial charge < -0.3 is 19.5 Å². The summed E-state index contributed by atoms with van der Waals surface area (Å²) in [5.41, 5.74) is 0. The maximum absolute atomic E-state index is 12.7. The fourth-order valence-corrected chi connectivity index (χ4v) is 2.37. The van der Waals surface area contributed by atoms with Crippen molar-refractivity contribution in [1.29, 1.82) is 0 Å². The van der Waals surface area contributed by atoms with Gasteiger partial charge in [-0.15, -0.1) is 0 Å². The Bertz CT molecular complexity index is 534. The topological polar surface area (TPSA) is 76.1 Å². The number of aliphatic carboxylic acids is 1. The fourth-order valence-electron chi connectivity index (χ4n) is 2.37. The second kappa shape index (κ2) is 8.47. The van der Waals surface area contributed by atoms with Crippen LogP contribution in [0.3, 0.4) is 0 Å². The van der Waals surface area contributed by atoms with Crippen molar-refractivity contribution >= 4 is 11.9 Å². The van der Waals surface area contributed by atoms with Crippen molar-refractivity contribution in [2.24, 2.45) is 0 Å². The molecule has 1 fully saturated rings. The number of amides is 1. The quantitative estimate of drug-likeness (QED) is 0.772. The molecular formula is C16H20FNO5. The number of carboxylic acids is 1. The van der Waals surface area contributed by atoms with Crippen LogP contribution in [-0.4, -0.2) is 54.3 Å². The molecule has 7 heteroatoms. The summed E-state index contributed by atoms with van der Waals surface area (Å²) < 4.78 is 23.5. The molecule has 0 bridgehead atoms. The van der Waals surface area contributed by atoms with Gasteiger partial charge in [0.25, 0.3) is 0 Å². The Morgan fingerprint density at radius 3 is 2.78 bits per heavy atom. The summed E-state index contributed by atoms with van der Waals surface area (Å²) in [5.74, 6) is -0.731. The minimum atomic E-state index is -0.933. The lowest BCUT2D eigenvalue weighted by atomic mass is 10.2. The van der Waals surface area contributed by atoms with Crippen molar-refractivity contribution in [3.8, 4) is 5.75 Å². The first-order chi connectivity index (χ1) is 11.0. The van der Waals surface area contributed by atoms with Crippen LogP contribution in [-0.2, 0) is 14.3 Å². The van der Waals surface area contributed by atoms with Crippen LogP contribution in [0, 0.1) is 5.82 Å². The SMILES string of the molecule is O=C(O)CC1CN(C(=O)CCCOc2ccc(F)cc2)CCO1. The summed E-state index contributed by atoms with van der Waals surface area (Å²) in [6.07, 6.45) is 0.316. The maximum atomic E-state index is 12.7. The lowest BCUT2D eigenvalue weighted by molar-refractivity contribution is -0.147. The van der Waals surface area contributed by atoms with Crippen LogP contribution in [0.25, 0.3) is 0 Å². The Labute approximate surface area is 133 Å². The highest BCUT2D eigenvalue weighted by Crippen LogP contribution is 2.13. The molecule has 2 rings (SSSR count). The Hall–Kier alpha value is -2.15. The third kappa shape index (κ3) is 5.86. The van der Waals surface area contributed by atoms with E-state index in [2.05, 4.69) is 0 Å². The molecule has 1 saturated heterocycles. The molecule has 1 amide bonds. The van der Waals surface area contributed by atoms with Crippen molar-refractivity contribution in [3.63, 3.8) is 0 Å². The van der Waals surface area contributed by atoms with Crippen molar-refractivity contribution in [3.05, 3.63) is 30.1 Å². The average molecular weight is 325 g/mol. The summed E-state index contributed by atoms with van der Waals surface area (Å²) in [6, 6.07) is 5.71. The summed E-state index contributed by atoms with van der Waals surface area (Å²) in [5, 5.41) is 8.77. The highest BCUT2D eigenvalue weighted by atomic mass is 19.1. The predicted octanol–water partition coefficient (Wildman–Crippen LogP) is 1.69. The molecule has 1 atom stereocenters. The molecule has 0 saturated carbocycles. The van der Waals surface area contributed by atoms with Crippen LogP contribution in [0.5, 0.6) is 5.75 Å². The average Bonchev–Trinajstić information content (AvgIpc) is 2.52. The van der Waals surface area contributed by atoms with Gasteiger partial charge in [0.1, 0.15) is 11.6 Å². The smallest absolute Gasteiger partial charge is 0.306 e. The van der Waals surface area contributed by atoms with E-state index in [9.17, 15) is 14.0 Å². The van der Waals surface area contributed by atoms with E-state index in [1.807, 2.05) is 0 Å². The van der Waals surface area contributed by atoms with Crippen LogP contribution in [0.2, 0.25) is 0 Å². The van der Waals surface area contributed by atoms with Gasteiger partial charge in [-0.25, -0.2) is 4.39 Å². The van der Waals surface area contributed by atoms with Gasteiger partial charge in [-0.05, 0) is 30.7 Å². The van der Waals surface area contributed by atoms with Crippen molar-refractivity contribution in [1.82, 2.24) is 4.90 Å². The second-order valence-corrected chi connectivity index (χ2v) is 5.34. The lowest BCUT2D eigenvalue weighted by Gasteiger charge is -2.32. The first-order valence-corrected chi connectivity index (χ1v) is 7.54. The molecule has 23 heavy (non-hydrogen) atoms. The van der Waals surface area contributed by atoms with Gasteiger partial charge in [0.15, 0.2) is 0 Å². The Kier molecular flexibility index (Phi) is 6.34. The highest BCUT2D eigenvalue weighted by molar-refractivity contribution is 5.76. The van der Waals surface area contributed by atoms with E-state index < -0.39 is 12.1 Å². The van der Waals surface area contributed by atoms with Crippen LogP contribution >= 0.6 is 0 Å². The lowest BCUT2D eigenvalue weighted by Crippen LogP contribution is -2.46.